The average molecular weight is 474 g/mol. The summed E-state index contributed by atoms with van der Waals surface area (Å²) in [5, 5.41) is 3.98. The topological polar surface area (TPSA) is 136 Å². The number of methoxy groups -OCH3 is 2. The van der Waals surface area contributed by atoms with Gasteiger partial charge >= 0.3 is 5.97 Å². The number of esters is 1. The van der Waals surface area contributed by atoms with Gasteiger partial charge in [-0.3, -0.25) is 0 Å². The van der Waals surface area contributed by atoms with Gasteiger partial charge in [-0.05, 0) is 62.1 Å². The maximum absolute atomic E-state index is 11.8. The Kier molecular flexibility index (Phi) is 8.13. The molecule has 0 atom stereocenters. The molecule has 9 nitrogen and oxygen atoms in total. The quantitative estimate of drug-likeness (QED) is 0.264. The van der Waals surface area contributed by atoms with E-state index in [2.05, 4.69) is 5.10 Å². The number of hydrogen-bond acceptors (Lipinski definition) is 8. The Morgan fingerprint density at radius 2 is 1.64 bits per heavy atom. The summed E-state index contributed by atoms with van der Waals surface area (Å²) in [5.41, 5.74) is 5.07. The van der Waals surface area contributed by atoms with E-state index >= 15 is 0 Å². The maximum atomic E-state index is 11.8. The van der Waals surface area contributed by atoms with Gasteiger partial charge in [0.25, 0.3) is 0 Å². The van der Waals surface area contributed by atoms with Crippen LogP contribution in [-0.2, 0) is 14.9 Å². The fourth-order valence-electron chi connectivity index (χ4n) is 3.52. The molecule has 0 aliphatic heterocycles. The lowest BCUT2D eigenvalue weighted by atomic mass is 9.99. The SMILES string of the molecule is COC(=O)c1cc(-c2cc[n+](N)nc2)c(C)cc1OC.Cc1cc(C)c(S(=O)(=O)[O-])c(C)c1. The zero-order valence-electron chi connectivity index (χ0n) is 19.4. The zero-order chi connectivity index (χ0) is 24.9. The standard InChI is InChI=1S/C14H16N3O3.C9H12O3S/c1-9-6-13(19-2)12(14(18)20-3)7-11(9)10-4-5-17(15)16-8-10;1-6-4-7(2)9(8(3)5-6)13(10,11)12/h4-8H,1-3H3,(H2,15,16);4-5H,1-3H3,(H,10,11,12)/q+1;/p-1. The molecule has 33 heavy (non-hydrogen) atoms. The van der Waals surface area contributed by atoms with Gasteiger partial charge < -0.3 is 14.0 Å². The van der Waals surface area contributed by atoms with E-state index < -0.39 is 16.1 Å². The average Bonchev–Trinajstić information content (AvgIpc) is 2.72. The van der Waals surface area contributed by atoms with Gasteiger partial charge in [-0.15, -0.1) is 0 Å². The number of nitrogen functional groups attached to an aromatic ring is 1. The number of carbonyl (C=O) groups excluding carboxylic acids is 1. The number of ether oxygens (including phenoxy) is 2. The largest absolute Gasteiger partial charge is 0.744 e. The van der Waals surface area contributed by atoms with Gasteiger partial charge in [0, 0.05) is 21.5 Å². The molecule has 0 amide bonds. The minimum absolute atomic E-state index is 0.0851. The number of carbonyl (C=O) groups is 1. The molecule has 0 fully saturated rings. The summed E-state index contributed by atoms with van der Waals surface area (Å²) in [4.78, 5) is 12.9. The van der Waals surface area contributed by atoms with Gasteiger partial charge in [0.1, 0.15) is 27.6 Å². The summed E-state index contributed by atoms with van der Waals surface area (Å²) in [6.07, 6.45) is 3.27. The summed E-state index contributed by atoms with van der Waals surface area (Å²) >= 11 is 0. The number of benzene rings is 2. The van der Waals surface area contributed by atoms with Crippen molar-refractivity contribution in [2.45, 2.75) is 32.6 Å². The van der Waals surface area contributed by atoms with Crippen LogP contribution in [0, 0.1) is 27.7 Å². The molecule has 0 aliphatic carbocycles. The van der Waals surface area contributed by atoms with Crippen molar-refractivity contribution in [3.8, 4) is 16.9 Å². The highest BCUT2D eigenvalue weighted by Crippen LogP contribution is 2.30. The van der Waals surface area contributed by atoms with E-state index in [0.717, 1.165) is 22.3 Å². The molecule has 3 aromatic rings. The molecule has 0 unspecified atom stereocenters. The third-order valence-electron chi connectivity index (χ3n) is 4.85. The molecule has 0 saturated heterocycles. The van der Waals surface area contributed by atoms with Gasteiger partial charge in [0.15, 0.2) is 0 Å². The fourth-order valence-corrected chi connectivity index (χ4v) is 4.42. The van der Waals surface area contributed by atoms with Gasteiger partial charge in [-0.25, -0.2) is 13.2 Å². The number of rotatable bonds is 4. The summed E-state index contributed by atoms with van der Waals surface area (Å²) in [7, 11) is -1.48. The van der Waals surface area contributed by atoms with Crippen LogP contribution in [0.4, 0.5) is 0 Å². The third-order valence-corrected chi connectivity index (χ3v) is 6.00. The van der Waals surface area contributed by atoms with Crippen LogP contribution in [0.1, 0.15) is 32.6 Å². The molecule has 1 heterocycles. The third kappa shape index (κ3) is 6.27. The van der Waals surface area contributed by atoms with Gasteiger partial charge in [-0.1, -0.05) is 17.7 Å². The highest BCUT2D eigenvalue weighted by atomic mass is 32.2. The number of hydrogen-bond donors (Lipinski definition) is 1. The predicted molar refractivity (Wildman–Crippen MR) is 121 cm³/mol. The molecule has 3 rings (SSSR count). The Balaban J connectivity index is 0.000000257. The normalized spacial score (nSPS) is 10.8. The Labute approximate surface area is 193 Å². The molecular weight excluding hydrogens is 446 g/mol. The fraction of sp³-hybridized carbons (Fsp3) is 0.261. The van der Waals surface area contributed by atoms with Gasteiger partial charge in [0.05, 0.1) is 19.1 Å². The molecule has 0 bridgehead atoms. The second-order valence-corrected chi connectivity index (χ2v) is 8.75. The first kappa shape index (κ1) is 25.8. The highest BCUT2D eigenvalue weighted by molar-refractivity contribution is 7.85. The van der Waals surface area contributed by atoms with Crippen LogP contribution < -0.4 is 15.4 Å². The maximum Gasteiger partial charge on any atom is 0.341 e. The molecular formula is C23H27N3O6S. The molecule has 0 saturated carbocycles. The first-order chi connectivity index (χ1) is 15.4. The number of aryl methyl sites for hydroxylation is 4. The number of aromatic nitrogens is 2. The van der Waals surface area contributed by atoms with E-state index in [1.165, 1.54) is 19.0 Å². The van der Waals surface area contributed by atoms with Gasteiger partial charge in [0.2, 0.25) is 6.20 Å². The lowest BCUT2D eigenvalue weighted by Crippen LogP contribution is -2.47. The van der Waals surface area contributed by atoms with Crippen molar-refractivity contribution in [2.75, 3.05) is 20.1 Å². The Morgan fingerprint density at radius 3 is 2.09 bits per heavy atom. The van der Waals surface area contributed by atoms with Crippen LogP contribution in [0.25, 0.3) is 11.1 Å². The Hall–Kier alpha value is -3.50. The number of nitrogens with zero attached hydrogens (tertiary/aromatic N) is 2. The second kappa shape index (κ2) is 10.4. The lowest BCUT2D eigenvalue weighted by Gasteiger charge is -2.14. The van der Waals surface area contributed by atoms with Crippen LogP contribution in [0.2, 0.25) is 0 Å². The van der Waals surface area contributed by atoms with E-state index in [1.807, 2.05) is 19.9 Å². The van der Waals surface area contributed by atoms with E-state index in [-0.39, 0.29) is 4.90 Å². The molecule has 0 spiro atoms. The second-order valence-electron chi connectivity index (χ2n) is 7.44. The van der Waals surface area contributed by atoms with E-state index in [4.69, 9.17) is 15.3 Å². The van der Waals surface area contributed by atoms with Crippen molar-refractivity contribution in [3.63, 3.8) is 0 Å². The summed E-state index contributed by atoms with van der Waals surface area (Å²) in [6, 6.07) is 8.74. The summed E-state index contributed by atoms with van der Waals surface area (Å²) < 4.78 is 42.5. The zero-order valence-corrected chi connectivity index (χ0v) is 20.2. The smallest absolute Gasteiger partial charge is 0.341 e. The molecule has 2 N–H and O–H groups in total. The molecule has 2 aromatic carbocycles. The molecule has 0 radical (unpaired) electrons. The molecule has 176 valence electrons. The van der Waals surface area contributed by atoms with Crippen molar-refractivity contribution in [1.29, 1.82) is 0 Å². The minimum Gasteiger partial charge on any atom is -0.744 e. The van der Waals surface area contributed by atoms with Gasteiger partial charge in [-0.2, -0.15) is 5.84 Å². The van der Waals surface area contributed by atoms with E-state index in [9.17, 15) is 17.8 Å². The Bertz CT molecular complexity index is 1250. The monoisotopic (exact) mass is 473 g/mol. The van der Waals surface area contributed by atoms with Crippen molar-refractivity contribution in [1.82, 2.24) is 5.10 Å². The van der Waals surface area contributed by atoms with E-state index in [0.29, 0.717) is 22.4 Å². The predicted octanol–water partition coefficient (Wildman–Crippen LogP) is 2.37. The highest BCUT2D eigenvalue weighted by Gasteiger charge is 2.17. The molecule has 10 heteroatoms. The van der Waals surface area contributed by atoms with Crippen molar-refractivity contribution < 1.29 is 32.0 Å². The van der Waals surface area contributed by atoms with Crippen LogP contribution in [0.3, 0.4) is 0 Å². The summed E-state index contributed by atoms with van der Waals surface area (Å²) in [6.45, 7) is 7.05. The summed E-state index contributed by atoms with van der Waals surface area (Å²) in [5.74, 6) is 5.54. The van der Waals surface area contributed by atoms with Crippen molar-refractivity contribution in [3.05, 3.63) is 70.5 Å². The lowest BCUT2D eigenvalue weighted by molar-refractivity contribution is -0.700. The first-order valence-electron chi connectivity index (χ1n) is 9.83. The Morgan fingerprint density at radius 1 is 1.03 bits per heavy atom. The van der Waals surface area contributed by atoms with E-state index in [1.54, 1.807) is 50.5 Å². The van der Waals surface area contributed by atoms with Crippen molar-refractivity contribution >= 4 is 16.1 Å². The van der Waals surface area contributed by atoms with Crippen molar-refractivity contribution in [2.24, 2.45) is 0 Å². The molecule has 1 aromatic heterocycles. The molecule has 0 aliphatic rings. The number of nitrogens with two attached hydrogens (primary N) is 1. The van der Waals surface area contributed by atoms with Crippen LogP contribution >= 0.6 is 0 Å². The first-order valence-corrected chi connectivity index (χ1v) is 11.2. The van der Waals surface area contributed by atoms with Crippen LogP contribution in [0.15, 0.2) is 47.6 Å². The minimum atomic E-state index is -4.33. The van der Waals surface area contributed by atoms with Crippen LogP contribution in [0.5, 0.6) is 5.75 Å². The van der Waals surface area contributed by atoms with Crippen LogP contribution in [-0.4, -0.2) is 38.3 Å².